The average Bonchev–Trinajstić information content (AvgIpc) is 1.55. The lowest BCUT2D eigenvalue weighted by atomic mass is 9.95. The van der Waals surface area contributed by atoms with E-state index < -0.39 is 107 Å². The molecule has 94 heavy (non-hydrogen) atoms. The molecule has 8 bridgehead atoms. The molecule has 9 amide bonds. The highest BCUT2D eigenvalue weighted by Gasteiger charge is 2.49. The molecule has 0 unspecified atom stereocenters. The first-order valence-corrected chi connectivity index (χ1v) is 34.2. The molecule has 4 aliphatic rings. The second-order valence-corrected chi connectivity index (χ2v) is 26.7. The summed E-state index contributed by atoms with van der Waals surface area (Å²) in [4.78, 5) is 138. The SMILES string of the molecule is COc1ccc(C[C@@H]2NC(=O)[C@H]([C@@H](C)OC)NC(=O)[C@@H]3[C@@H]4CCN3C(=O)[C@H](Cc3c[nH]c5ccc(F)cc35)NC(=O)[C@H](Cc3cccc(c3)C/C=C/CO4)NC(=O)[C@@H](C)NC(=O)[C@H](C)NC(=O)CCSCc3cccc(c3)CSCCNC(=O)[C@]3(C)CCCN3C2=O)cc1. The minimum absolute atomic E-state index is 0.0132. The van der Waals surface area contributed by atoms with Crippen molar-refractivity contribution in [2.24, 2.45) is 0 Å². The normalized spacial score (nSPS) is 26.5. The first-order chi connectivity index (χ1) is 45.2. The average molecular weight is 1330 g/mol. The number of carbonyl (C=O) groups excluding carboxylic acids is 9. The van der Waals surface area contributed by atoms with Gasteiger partial charge in [0.2, 0.25) is 53.2 Å². The van der Waals surface area contributed by atoms with E-state index in [1.54, 1.807) is 80.0 Å². The Balaban J connectivity index is 1.06. The summed E-state index contributed by atoms with van der Waals surface area (Å²) >= 11 is 3.20. The van der Waals surface area contributed by atoms with Crippen molar-refractivity contribution in [2.75, 3.05) is 52.0 Å². The van der Waals surface area contributed by atoms with Crippen LogP contribution in [0.15, 0.2) is 109 Å². The number of rotatable bonds is 7. The van der Waals surface area contributed by atoms with E-state index >= 15 is 28.4 Å². The molecule has 1 aromatic heterocycles. The van der Waals surface area contributed by atoms with E-state index in [1.165, 1.54) is 56.1 Å². The summed E-state index contributed by atoms with van der Waals surface area (Å²) in [7, 11) is 2.89. The van der Waals surface area contributed by atoms with Crippen LogP contribution < -0.4 is 42.0 Å². The van der Waals surface area contributed by atoms with Crippen molar-refractivity contribution in [3.8, 4) is 5.75 Å². The number of amides is 9. The second-order valence-electron chi connectivity index (χ2n) is 24.5. The molecule has 22 nitrogen and oxygen atoms in total. The van der Waals surface area contributed by atoms with Crippen molar-refractivity contribution in [1.29, 1.82) is 0 Å². The Morgan fingerprint density at radius 3 is 2.13 bits per heavy atom. The number of allylic oxidation sites excluding steroid dienone is 1. The van der Waals surface area contributed by atoms with Gasteiger partial charge in [0.15, 0.2) is 0 Å². The van der Waals surface area contributed by atoms with Gasteiger partial charge in [-0.2, -0.15) is 23.5 Å². The van der Waals surface area contributed by atoms with Gasteiger partial charge in [0, 0.05) is 92.5 Å². The topological polar surface area (TPSA) is 288 Å². The molecule has 2 saturated heterocycles. The van der Waals surface area contributed by atoms with Crippen molar-refractivity contribution >= 4 is 87.6 Å². The quantitative estimate of drug-likeness (QED) is 0.104. The number of H-pyrrole nitrogens is 1. The third kappa shape index (κ3) is 17.9. The van der Waals surface area contributed by atoms with Crippen molar-refractivity contribution in [2.45, 2.75) is 151 Å². The van der Waals surface area contributed by atoms with Crippen LogP contribution in [-0.2, 0) is 89.8 Å². The van der Waals surface area contributed by atoms with Gasteiger partial charge in [0.1, 0.15) is 59.4 Å². The van der Waals surface area contributed by atoms with Crippen molar-refractivity contribution in [3.05, 3.63) is 149 Å². The van der Waals surface area contributed by atoms with E-state index in [9.17, 15) is 19.2 Å². The molecule has 4 aromatic carbocycles. The fourth-order valence-electron chi connectivity index (χ4n) is 12.3. The number of benzene rings is 4. The minimum Gasteiger partial charge on any atom is -0.497 e. The van der Waals surface area contributed by atoms with Gasteiger partial charge in [0.25, 0.3) is 0 Å². The highest BCUT2D eigenvalue weighted by atomic mass is 32.2. The molecule has 8 N–H and O–H groups in total. The molecule has 9 rings (SSSR count). The molecule has 4 aliphatic heterocycles. The Labute approximate surface area is 555 Å². The van der Waals surface area contributed by atoms with Gasteiger partial charge in [-0.3, -0.25) is 43.2 Å². The lowest BCUT2D eigenvalue weighted by Gasteiger charge is -2.37. The number of aromatic nitrogens is 1. The third-order valence-electron chi connectivity index (χ3n) is 17.7. The monoisotopic (exact) mass is 1330 g/mol. The highest BCUT2D eigenvalue weighted by molar-refractivity contribution is 7.98. The van der Waals surface area contributed by atoms with Crippen LogP contribution in [0, 0.1) is 5.82 Å². The van der Waals surface area contributed by atoms with Crippen LogP contribution in [0.25, 0.3) is 10.9 Å². The van der Waals surface area contributed by atoms with Crippen LogP contribution in [0.1, 0.15) is 86.8 Å². The minimum atomic E-state index is -1.50. The van der Waals surface area contributed by atoms with Gasteiger partial charge >= 0.3 is 0 Å². The van der Waals surface area contributed by atoms with E-state index in [0.717, 1.165) is 16.7 Å². The van der Waals surface area contributed by atoms with Gasteiger partial charge in [0.05, 0.1) is 25.9 Å². The Hall–Kier alpha value is -8.26. The molecule has 0 aliphatic carbocycles. The molecule has 502 valence electrons. The van der Waals surface area contributed by atoms with Gasteiger partial charge in [-0.25, -0.2) is 4.39 Å². The van der Waals surface area contributed by atoms with Crippen LogP contribution in [-0.4, -0.2) is 180 Å². The first-order valence-electron chi connectivity index (χ1n) is 31.9. The zero-order valence-corrected chi connectivity index (χ0v) is 55.5. The number of aromatic amines is 1. The molecule has 10 atom stereocenters. The summed E-state index contributed by atoms with van der Waals surface area (Å²) in [5.74, 6) is -3.45. The number of halogens is 1. The molecule has 5 aromatic rings. The van der Waals surface area contributed by atoms with Crippen LogP contribution >= 0.6 is 23.5 Å². The summed E-state index contributed by atoms with van der Waals surface area (Å²) in [6, 6.07) is 17.3. The number of nitrogens with zero attached hydrogens (tertiary/aromatic N) is 2. The number of thioether (sulfide) groups is 2. The Kier molecular flexibility index (Phi) is 24.4. The number of hydrogen-bond donors (Lipinski definition) is 8. The lowest BCUT2D eigenvalue weighted by molar-refractivity contribution is -0.147. The number of carbonyl (C=O) groups is 9. The highest BCUT2D eigenvalue weighted by Crippen LogP contribution is 2.32. The molecule has 0 saturated carbocycles. The second kappa shape index (κ2) is 32.7. The zero-order valence-electron chi connectivity index (χ0n) is 53.9. The maximum Gasteiger partial charge on any atom is 0.246 e. The van der Waals surface area contributed by atoms with E-state index in [-0.39, 0.29) is 63.6 Å². The van der Waals surface area contributed by atoms with Crippen molar-refractivity contribution in [1.82, 2.24) is 52.0 Å². The van der Waals surface area contributed by atoms with Crippen LogP contribution in [0.4, 0.5) is 4.39 Å². The van der Waals surface area contributed by atoms with Crippen molar-refractivity contribution < 1.29 is 61.8 Å². The summed E-state index contributed by atoms with van der Waals surface area (Å²) < 4.78 is 32.7. The molecule has 25 heteroatoms. The molecular formula is C69H85FN10O12S2. The molecule has 2 fully saturated rings. The zero-order chi connectivity index (χ0) is 67.1. The smallest absolute Gasteiger partial charge is 0.246 e. The van der Waals surface area contributed by atoms with Gasteiger partial charge in [-0.1, -0.05) is 72.8 Å². The molecule has 0 radical (unpaired) electrons. The number of hydrogen-bond acceptors (Lipinski definition) is 14. The van der Waals surface area contributed by atoms with Crippen LogP contribution in [0.2, 0.25) is 0 Å². The summed E-state index contributed by atoms with van der Waals surface area (Å²) in [5.41, 5.74) is 4.00. The maximum atomic E-state index is 15.7. The molecule has 0 spiro atoms. The standard InChI is InChI=1S/C69H85FN10O12S2/c1-41-61(82)74-42(2)62(83)75-54-35-46-14-9-13-44(32-46)12-7-8-29-92-57-23-28-79(66(87)56(76-63(54)84)36-49-38-72-53-22-19-50(70)37-52(49)53)60(57)65(86)78-59(43(3)90-5)64(85)77-55(34-45-17-20-51(91-6)21-18-45)67(88)80-27-11-25-69(80,4)68(89)71-26-31-94-40-48-16-10-15-47(33-48)39-93-30-24-58(81)73-41/h7-10,13-22,32-33,37-38,41-43,54-57,59-60,72H,11-12,23-31,34-36,39-40H2,1-6H3,(H,71,89)(H,73,81)(H,74,82)(H,75,83)(H,76,84)(H,77,85)(H,78,86)/b8-7+/t41-,42+,43+,54-,55-,56-,57-,59-,60-,69-/m0/s1. The predicted molar refractivity (Wildman–Crippen MR) is 357 cm³/mol. The van der Waals surface area contributed by atoms with E-state index in [0.29, 0.717) is 82.2 Å². The summed E-state index contributed by atoms with van der Waals surface area (Å²) in [6.07, 6.45) is 4.45. The van der Waals surface area contributed by atoms with Gasteiger partial charge in [-0.05, 0) is 117 Å². The van der Waals surface area contributed by atoms with E-state index in [2.05, 4.69) is 48.3 Å². The van der Waals surface area contributed by atoms with Gasteiger partial charge in [-0.15, -0.1) is 0 Å². The third-order valence-corrected chi connectivity index (χ3v) is 19.8. The molecule has 5 heterocycles. The summed E-state index contributed by atoms with van der Waals surface area (Å²) in [5, 5.41) is 20.4. The van der Waals surface area contributed by atoms with Gasteiger partial charge < -0.3 is 66.2 Å². The van der Waals surface area contributed by atoms with E-state index in [4.69, 9.17) is 14.2 Å². The fraction of sp³-hybridized carbons (Fsp3) is 0.464. The Bertz CT molecular complexity index is 3590. The van der Waals surface area contributed by atoms with Crippen LogP contribution in [0.5, 0.6) is 5.75 Å². The summed E-state index contributed by atoms with van der Waals surface area (Å²) in [6.45, 7) is 6.73. The maximum absolute atomic E-state index is 15.7. The number of fused-ring (bicyclic) bond motifs is 10. The predicted octanol–water partition coefficient (Wildman–Crippen LogP) is 4.49. The van der Waals surface area contributed by atoms with E-state index in [1.807, 2.05) is 42.5 Å². The fourth-order valence-corrected chi connectivity index (χ4v) is 14.0. The largest absolute Gasteiger partial charge is 0.497 e. The first kappa shape index (κ1) is 70.1. The molecular weight excluding hydrogens is 1240 g/mol. The number of methoxy groups -OCH3 is 2. The van der Waals surface area contributed by atoms with Crippen molar-refractivity contribution in [3.63, 3.8) is 0 Å². The van der Waals surface area contributed by atoms with Crippen LogP contribution in [0.3, 0.4) is 0 Å². The Morgan fingerprint density at radius 2 is 1.38 bits per heavy atom. The Morgan fingerprint density at radius 1 is 0.702 bits per heavy atom. The number of nitrogens with one attached hydrogen (secondary N) is 8. The lowest BCUT2D eigenvalue weighted by Crippen LogP contribution is -2.64. The number of ether oxygens (including phenoxy) is 3.